The third-order valence-electron chi connectivity index (χ3n) is 4.42. The fourth-order valence-electron chi connectivity index (χ4n) is 2.33. The van der Waals surface area contributed by atoms with E-state index in [1.807, 2.05) is 32.6 Å². The van der Waals surface area contributed by atoms with Gasteiger partial charge in [-0.1, -0.05) is 13.3 Å². The van der Waals surface area contributed by atoms with Crippen LogP contribution in [-0.2, 0) is 4.79 Å². The summed E-state index contributed by atoms with van der Waals surface area (Å²) in [5.41, 5.74) is 5.16. The monoisotopic (exact) mass is 240 g/mol. The van der Waals surface area contributed by atoms with Crippen molar-refractivity contribution >= 4 is 5.91 Å². The zero-order valence-electron chi connectivity index (χ0n) is 12.0. The summed E-state index contributed by atoms with van der Waals surface area (Å²) in [5, 5.41) is 0. The number of carbonyl (C=O) groups excluding carboxylic acids is 1. The standard InChI is InChI=1S/C14H28N2O/c1-6-7-11-8-9-16(10-11)12(17)13(2,3)14(4,5)15/h11H,6-10,15H2,1-5H3. The topological polar surface area (TPSA) is 46.3 Å². The van der Waals surface area contributed by atoms with E-state index in [0.29, 0.717) is 5.92 Å². The van der Waals surface area contributed by atoms with E-state index in [1.165, 1.54) is 12.8 Å². The molecule has 2 N–H and O–H groups in total. The van der Waals surface area contributed by atoms with Gasteiger partial charge >= 0.3 is 0 Å². The van der Waals surface area contributed by atoms with Crippen molar-refractivity contribution in [2.75, 3.05) is 13.1 Å². The van der Waals surface area contributed by atoms with Gasteiger partial charge in [0, 0.05) is 18.6 Å². The largest absolute Gasteiger partial charge is 0.342 e. The Morgan fingerprint density at radius 3 is 2.41 bits per heavy atom. The van der Waals surface area contributed by atoms with Crippen LogP contribution in [0.3, 0.4) is 0 Å². The molecule has 1 fully saturated rings. The predicted octanol–water partition coefficient (Wildman–Crippen LogP) is 2.40. The predicted molar refractivity (Wildman–Crippen MR) is 71.6 cm³/mol. The number of nitrogens with two attached hydrogens (primary N) is 1. The van der Waals surface area contributed by atoms with Crippen molar-refractivity contribution in [2.24, 2.45) is 17.1 Å². The SMILES string of the molecule is CCCC1CCN(C(=O)C(C)(C)C(C)(C)N)C1. The van der Waals surface area contributed by atoms with Gasteiger partial charge < -0.3 is 10.6 Å². The molecule has 0 aliphatic carbocycles. The van der Waals surface area contributed by atoms with E-state index < -0.39 is 11.0 Å². The Labute approximate surface area is 106 Å². The molecular weight excluding hydrogens is 212 g/mol. The highest BCUT2D eigenvalue weighted by Crippen LogP contribution is 2.33. The maximum Gasteiger partial charge on any atom is 0.230 e. The number of carbonyl (C=O) groups is 1. The van der Waals surface area contributed by atoms with Gasteiger partial charge in [-0.15, -0.1) is 0 Å². The molecule has 0 bridgehead atoms. The van der Waals surface area contributed by atoms with E-state index in [0.717, 1.165) is 19.5 Å². The summed E-state index contributed by atoms with van der Waals surface area (Å²) in [6, 6.07) is 0. The first-order chi connectivity index (χ1) is 7.70. The average Bonchev–Trinajstić information content (AvgIpc) is 2.64. The Morgan fingerprint density at radius 1 is 1.35 bits per heavy atom. The van der Waals surface area contributed by atoms with Crippen LogP contribution < -0.4 is 5.73 Å². The molecule has 17 heavy (non-hydrogen) atoms. The van der Waals surface area contributed by atoms with Crippen LogP contribution >= 0.6 is 0 Å². The third-order valence-corrected chi connectivity index (χ3v) is 4.42. The van der Waals surface area contributed by atoms with Crippen molar-refractivity contribution in [1.82, 2.24) is 4.90 Å². The maximum absolute atomic E-state index is 12.5. The highest BCUT2D eigenvalue weighted by atomic mass is 16.2. The zero-order chi connectivity index (χ0) is 13.3. The van der Waals surface area contributed by atoms with Gasteiger partial charge in [0.1, 0.15) is 0 Å². The van der Waals surface area contributed by atoms with E-state index in [9.17, 15) is 4.79 Å². The molecular formula is C14H28N2O. The minimum atomic E-state index is -0.492. The Kier molecular flexibility index (Phi) is 4.23. The van der Waals surface area contributed by atoms with Crippen molar-refractivity contribution in [3.05, 3.63) is 0 Å². The minimum absolute atomic E-state index is 0.212. The molecule has 0 spiro atoms. The van der Waals surface area contributed by atoms with Gasteiger partial charge in [0.25, 0.3) is 0 Å². The summed E-state index contributed by atoms with van der Waals surface area (Å²) >= 11 is 0. The van der Waals surface area contributed by atoms with Crippen LogP contribution in [0.2, 0.25) is 0 Å². The van der Waals surface area contributed by atoms with Gasteiger partial charge in [-0.05, 0) is 46.5 Å². The van der Waals surface area contributed by atoms with Crippen LogP contribution in [0.25, 0.3) is 0 Å². The lowest BCUT2D eigenvalue weighted by Crippen LogP contribution is -2.56. The van der Waals surface area contributed by atoms with Crippen LogP contribution in [-0.4, -0.2) is 29.4 Å². The van der Waals surface area contributed by atoms with Crippen molar-refractivity contribution < 1.29 is 4.79 Å². The second kappa shape index (κ2) is 4.97. The molecule has 0 saturated carbocycles. The Morgan fingerprint density at radius 2 is 1.94 bits per heavy atom. The molecule has 1 atom stereocenters. The lowest BCUT2D eigenvalue weighted by atomic mass is 9.74. The van der Waals surface area contributed by atoms with Crippen molar-refractivity contribution in [1.29, 1.82) is 0 Å². The van der Waals surface area contributed by atoms with E-state index in [-0.39, 0.29) is 5.91 Å². The molecule has 1 aliphatic rings. The molecule has 0 aromatic heterocycles. The van der Waals surface area contributed by atoms with Gasteiger partial charge in [0.2, 0.25) is 5.91 Å². The fourth-order valence-corrected chi connectivity index (χ4v) is 2.33. The summed E-state index contributed by atoms with van der Waals surface area (Å²) in [6.45, 7) is 11.8. The summed E-state index contributed by atoms with van der Waals surface area (Å²) in [4.78, 5) is 14.5. The molecule has 1 aliphatic heterocycles. The Bertz CT molecular complexity index is 278. The smallest absolute Gasteiger partial charge is 0.230 e. The second-order valence-corrected chi connectivity index (χ2v) is 6.54. The summed E-state index contributed by atoms with van der Waals surface area (Å²) in [6.07, 6.45) is 3.59. The maximum atomic E-state index is 12.5. The Balaban J connectivity index is 2.67. The number of hydrogen-bond acceptors (Lipinski definition) is 2. The fraction of sp³-hybridized carbons (Fsp3) is 0.929. The van der Waals surface area contributed by atoms with Crippen LogP contribution in [0.5, 0.6) is 0 Å². The second-order valence-electron chi connectivity index (χ2n) is 6.54. The average molecular weight is 240 g/mol. The van der Waals surface area contributed by atoms with E-state index in [2.05, 4.69) is 6.92 Å². The van der Waals surface area contributed by atoms with Gasteiger partial charge in [-0.25, -0.2) is 0 Å². The lowest BCUT2D eigenvalue weighted by Gasteiger charge is -2.39. The van der Waals surface area contributed by atoms with E-state index in [1.54, 1.807) is 0 Å². The van der Waals surface area contributed by atoms with Crippen molar-refractivity contribution in [3.63, 3.8) is 0 Å². The molecule has 0 radical (unpaired) electrons. The molecule has 1 amide bonds. The van der Waals surface area contributed by atoms with Gasteiger partial charge in [0.15, 0.2) is 0 Å². The number of amides is 1. The first kappa shape index (κ1) is 14.5. The molecule has 1 heterocycles. The molecule has 1 rings (SSSR count). The first-order valence-corrected chi connectivity index (χ1v) is 6.78. The molecule has 3 heteroatoms. The van der Waals surface area contributed by atoms with E-state index >= 15 is 0 Å². The van der Waals surface area contributed by atoms with Crippen LogP contribution in [0.15, 0.2) is 0 Å². The summed E-state index contributed by atoms with van der Waals surface area (Å²) in [5.74, 6) is 0.907. The quantitative estimate of drug-likeness (QED) is 0.820. The number of rotatable bonds is 4. The molecule has 3 nitrogen and oxygen atoms in total. The number of hydrogen-bond donors (Lipinski definition) is 1. The number of likely N-dealkylation sites (tertiary alicyclic amines) is 1. The zero-order valence-corrected chi connectivity index (χ0v) is 12.0. The van der Waals surface area contributed by atoms with E-state index in [4.69, 9.17) is 5.73 Å². The van der Waals surface area contributed by atoms with Crippen molar-refractivity contribution in [2.45, 2.75) is 59.4 Å². The normalized spacial score (nSPS) is 22.0. The lowest BCUT2D eigenvalue weighted by molar-refractivity contribution is -0.142. The Hall–Kier alpha value is -0.570. The van der Waals surface area contributed by atoms with Crippen LogP contribution in [0, 0.1) is 11.3 Å². The van der Waals surface area contributed by atoms with Crippen molar-refractivity contribution in [3.8, 4) is 0 Å². The third kappa shape index (κ3) is 3.01. The number of nitrogens with zero attached hydrogens (tertiary/aromatic N) is 1. The first-order valence-electron chi connectivity index (χ1n) is 6.78. The molecule has 0 aromatic carbocycles. The van der Waals surface area contributed by atoms with Gasteiger partial charge in [-0.3, -0.25) is 4.79 Å². The highest BCUT2D eigenvalue weighted by Gasteiger charge is 2.44. The minimum Gasteiger partial charge on any atom is -0.342 e. The van der Waals surface area contributed by atoms with Crippen LogP contribution in [0.1, 0.15) is 53.9 Å². The van der Waals surface area contributed by atoms with Gasteiger partial charge in [0.05, 0.1) is 5.41 Å². The molecule has 0 aromatic rings. The van der Waals surface area contributed by atoms with Crippen LogP contribution in [0.4, 0.5) is 0 Å². The summed E-state index contributed by atoms with van der Waals surface area (Å²) in [7, 11) is 0. The molecule has 100 valence electrons. The summed E-state index contributed by atoms with van der Waals surface area (Å²) < 4.78 is 0. The molecule has 1 saturated heterocycles. The highest BCUT2D eigenvalue weighted by molar-refractivity contribution is 5.83. The molecule has 1 unspecified atom stereocenters. The van der Waals surface area contributed by atoms with Gasteiger partial charge in [-0.2, -0.15) is 0 Å².